The summed E-state index contributed by atoms with van der Waals surface area (Å²) in [6.07, 6.45) is 3.30. The quantitative estimate of drug-likeness (QED) is 0.606. The van der Waals surface area contributed by atoms with Crippen molar-refractivity contribution in [3.8, 4) is 11.3 Å². The van der Waals surface area contributed by atoms with Crippen molar-refractivity contribution in [3.05, 3.63) is 72.6 Å². The third-order valence-electron chi connectivity index (χ3n) is 4.20. The predicted molar refractivity (Wildman–Crippen MR) is 105 cm³/mol. The minimum Gasteiger partial charge on any atom is -0.464 e. The van der Waals surface area contributed by atoms with Gasteiger partial charge in [0.1, 0.15) is 5.76 Å². The van der Waals surface area contributed by atoms with Gasteiger partial charge in [-0.05, 0) is 42.5 Å². The van der Waals surface area contributed by atoms with Crippen LogP contribution < -0.4 is 16.0 Å². The van der Waals surface area contributed by atoms with Gasteiger partial charge in [0.05, 0.1) is 11.8 Å². The highest BCUT2D eigenvalue weighted by Crippen LogP contribution is 2.35. The third-order valence-corrected chi connectivity index (χ3v) is 4.20. The second kappa shape index (κ2) is 6.84. The van der Waals surface area contributed by atoms with Crippen molar-refractivity contribution >= 4 is 34.4 Å². The number of fused-ring (bicyclic) bond motifs is 1. The molecule has 6 heteroatoms. The predicted octanol–water partition coefficient (Wildman–Crippen LogP) is 4.31. The zero-order valence-corrected chi connectivity index (χ0v) is 14.6. The Labute approximate surface area is 155 Å². The monoisotopic (exact) mass is 359 g/mol. The van der Waals surface area contributed by atoms with Crippen molar-refractivity contribution in [3.63, 3.8) is 0 Å². The Hall–Kier alpha value is -3.80. The number of rotatable bonds is 4. The molecule has 2 heterocycles. The fourth-order valence-corrected chi connectivity index (χ4v) is 2.94. The Balaban J connectivity index is 1.55. The number of carbonyl (C=O) groups excluding carboxylic acids is 2. The molecule has 2 amide bonds. The molecule has 1 aliphatic rings. The topological polar surface area (TPSA) is 83.4 Å². The SMILES string of the molecule is CC(=O)Nc1ccc(N/C=C2\C(=O)Nc3cc(-c4ccco4)ccc32)cc1. The number of amides is 2. The van der Waals surface area contributed by atoms with E-state index in [9.17, 15) is 9.59 Å². The van der Waals surface area contributed by atoms with Crippen LogP contribution in [0.25, 0.3) is 16.9 Å². The average Bonchev–Trinajstić information content (AvgIpc) is 3.28. The second-order valence-corrected chi connectivity index (χ2v) is 6.15. The molecule has 4 rings (SSSR count). The lowest BCUT2D eigenvalue weighted by atomic mass is 10.0. The van der Waals surface area contributed by atoms with Gasteiger partial charge >= 0.3 is 0 Å². The summed E-state index contributed by atoms with van der Waals surface area (Å²) < 4.78 is 5.41. The van der Waals surface area contributed by atoms with Crippen LogP contribution in [0.3, 0.4) is 0 Å². The molecular weight excluding hydrogens is 342 g/mol. The molecule has 0 fully saturated rings. The largest absolute Gasteiger partial charge is 0.464 e. The van der Waals surface area contributed by atoms with Crippen LogP contribution in [-0.2, 0) is 9.59 Å². The molecule has 2 aromatic carbocycles. The van der Waals surface area contributed by atoms with Crippen molar-refractivity contribution < 1.29 is 14.0 Å². The van der Waals surface area contributed by atoms with E-state index < -0.39 is 0 Å². The molecule has 0 unspecified atom stereocenters. The summed E-state index contributed by atoms with van der Waals surface area (Å²) in [7, 11) is 0. The van der Waals surface area contributed by atoms with Crippen molar-refractivity contribution in [2.45, 2.75) is 6.92 Å². The fourth-order valence-electron chi connectivity index (χ4n) is 2.94. The molecule has 134 valence electrons. The molecule has 27 heavy (non-hydrogen) atoms. The minimum atomic E-state index is -0.163. The Morgan fingerprint density at radius 2 is 1.85 bits per heavy atom. The highest BCUT2D eigenvalue weighted by Gasteiger charge is 2.24. The normalized spacial score (nSPS) is 14.0. The van der Waals surface area contributed by atoms with Gasteiger partial charge in [0, 0.05) is 41.3 Å². The molecule has 1 aliphatic heterocycles. The lowest BCUT2D eigenvalue weighted by molar-refractivity contribution is -0.114. The van der Waals surface area contributed by atoms with Gasteiger partial charge in [-0.15, -0.1) is 0 Å². The minimum absolute atomic E-state index is 0.119. The lowest BCUT2D eigenvalue weighted by Crippen LogP contribution is -2.06. The maximum Gasteiger partial charge on any atom is 0.257 e. The first kappa shape index (κ1) is 16.7. The molecule has 1 aromatic heterocycles. The zero-order valence-electron chi connectivity index (χ0n) is 14.6. The number of carbonyl (C=O) groups is 2. The van der Waals surface area contributed by atoms with E-state index in [2.05, 4.69) is 16.0 Å². The number of anilines is 3. The van der Waals surface area contributed by atoms with E-state index >= 15 is 0 Å². The molecule has 6 nitrogen and oxygen atoms in total. The van der Waals surface area contributed by atoms with Crippen LogP contribution in [-0.4, -0.2) is 11.8 Å². The zero-order chi connectivity index (χ0) is 18.8. The van der Waals surface area contributed by atoms with Crippen LogP contribution in [0.5, 0.6) is 0 Å². The van der Waals surface area contributed by atoms with Gasteiger partial charge in [0.2, 0.25) is 5.91 Å². The lowest BCUT2D eigenvalue weighted by Gasteiger charge is -2.05. The first-order valence-corrected chi connectivity index (χ1v) is 8.44. The van der Waals surface area contributed by atoms with E-state index in [4.69, 9.17) is 4.42 Å². The van der Waals surface area contributed by atoms with Crippen LogP contribution in [0.1, 0.15) is 12.5 Å². The van der Waals surface area contributed by atoms with Gasteiger partial charge in [-0.2, -0.15) is 0 Å². The molecule has 0 bridgehead atoms. The Morgan fingerprint density at radius 1 is 1.07 bits per heavy atom. The molecule has 0 aliphatic carbocycles. The van der Waals surface area contributed by atoms with Gasteiger partial charge in [-0.25, -0.2) is 0 Å². The summed E-state index contributed by atoms with van der Waals surface area (Å²) in [5.41, 5.74) is 4.57. The summed E-state index contributed by atoms with van der Waals surface area (Å²) in [6.45, 7) is 1.46. The third kappa shape index (κ3) is 3.46. The van der Waals surface area contributed by atoms with Crippen LogP contribution in [0, 0.1) is 0 Å². The highest BCUT2D eigenvalue weighted by atomic mass is 16.3. The maximum absolute atomic E-state index is 12.3. The first-order chi connectivity index (χ1) is 13.1. The van der Waals surface area contributed by atoms with Crippen LogP contribution in [0.2, 0.25) is 0 Å². The van der Waals surface area contributed by atoms with Gasteiger partial charge < -0.3 is 20.4 Å². The summed E-state index contributed by atoms with van der Waals surface area (Å²) >= 11 is 0. The summed E-state index contributed by atoms with van der Waals surface area (Å²) in [4.78, 5) is 23.4. The van der Waals surface area contributed by atoms with Crippen molar-refractivity contribution in [1.82, 2.24) is 0 Å². The molecule has 0 atom stereocenters. The van der Waals surface area contributed by atoms with Gasteiger partial charge in [0.15, 0.2) is 0 Å². The maximum atomic E-state index is 12.3. The van der Waals surface area contributed by atoms with Crippen molar-refractivity contribution in [2.24, 2.45) is 0 Å². The molecule has 0 saturated carbocycles. The number of benzene rings is 2. The molecular formula is C21H17N3O3. The molecule has 3 aromatic rings. The molecule has 3 N–H and O–H groups in total. The average molecular weight is 359 g/mol. The number of hydrogen-bond acceptors (Lipinski definition) is 4. The van der Waals surface area contributed by atoms with Gasteiger partial charge in [-0.1, -0.05) is 12.1 Å². The van der Waals surface area contributed by atoms with Crippen LogP contribution in [0.4, 0.5) is 17.1 Å². The molecule has 0 spiro atoms. The molecule has 0 saturated heterocycles. The van der Waals surface area contributed by atoms with Crippen LogP contribution >= 0.6 is 0 Å². The first-order valence-electron chi connectivity index (χ1n) is 8.44. The molecule has 0 radical (unpaired) electrons. The Morgan fingerprint density at radius 3 is 2.56 bits per heavy atom. The van der Waals surface area contributed by atoms with E-state index in [-0.39, 0.29) is 11.8 Å². The number of nitrogens with one attached hydrogen (secondary N) is 3. The van der Waals surface area contributed by atoms with Gasteiger partial charge in [-0.3, -0.25) is 9.59 Å². The van der Waals surface area contributed by atoms with Crippen molar-refractivity contribution in [1.29, 1.82) is 0 Å². The number of furan rings is 1. The van der Waals surface area contributed by atoms with Crippen LogP contribution in [0.15, 0.2) is 71.5 Å². The fraction of sp³-hybridized carbons (Fsp3) is 0.0476. The smallest absolute Gasteiger partial charge is 0.257 e. The Kier molecular flexibility index (Phi) is 4.22. The van der Waals surface area contributed by atoms with E-state index in [1.165, 1.54) is 6.92 Å². The van der Waals surface area contributed by atoms with E-state index in [0.29, 0.717) is 5.57 Å². The Bertz CT molecular complexity index is 1040. The van der Waals surface area contributed by atoms with E-state index in [0.717, 1.165) is 33.9 Å². The summed E-state index contributed by atoms with van der Waals surface area (Å²) in [6, 6.07) is 16.7. The van der Waals surface area contributed by atoms with Gasteiger partial charge in [0.25, 0.3) is 5.91 Å². The second-order valence-electron chi connectivity index (χ2n) is 6.15. The van der Waals surface area contributed by atoms with E-state index in [1.807, 2.05) is 42.5 Å². The van der Waals surface area contributed by atoms with E-state index in [1.54, 1.807) is 24.6 Å². The standard InChI is InChI=1S/C21H17N3O3/c1-13(25)23-16-7-5-15(6-8-16)22-12-18-17-9-4-14(20-3-2-10-27-20)11-19(17)24-21(18)26/h2-12,22H,1H3,(H,23,25)(H,24,26)/b18-12-. The summed E-state index contributed by atoms with van der Waals surface area (Å²) in [5, 5.41) is 8.72. The number of hydrogen-bond donors (Lipinski definition) is 3. The van der Waals surface area contributed by atoms with Crippen molar-refractivity contribution in [2.75, 3.05) is 16.0 Å². The summed E-state index contributed by atoms with van der Waals surface area (Å²) in [5.74, 6) is 0.469. The highest BCUT2D eigenvalue weighted by molar-refractivity contribution is 6.31.